The first-order valence-corrected chi connectivity index (χ1v) is 10.6. The Labute approximate surface area is 189 Å². The van der Waals surface area contributed by atoms with E-state index in [0.717, 1.165) is 22.1 Å². The summed E-state index contributed by atoms with van der Waals surface area (Å²) in [5.41, 5.74) is 7.55. The van der Waals surface area contributed by atoms with Crippen LogP contribution >= 0.6 is 0 Å². The van der Waals surface area contributed by atoms with Gasteiger partial charge in [0.05, 0.1) is 0 Å². The predicted molar refractivity (Wildman–Crippen MR) is 121 cm³/mol. The van der Waals surface area contributed by atoms with E-state index >= 15 is 0 Å². The molecule has 0 aliphatic carbocycles. The number of carboxylic acids is 1. The van der Waals surface area contributed by atoms with Crippen LogP contribution in [-0.2, 0) is 16.0 Å². The molecule has 0 aliphatic rings. The monoisotopic (exact) mass is 457 g/mol. The van der Waals surface area contributed by atoms with E-state index in [2.05, 4.69) is 10.6 Å². The standard InChI is InChI=1S/C23H27N3O7/c1-11-13(3)32-18-10-19-16(9-15(11)18)12(2)14(22(30)33-19)6-7-20(27)26-17(21(28)29)5-4-8-25-23(24)31/h9-10,17H,4-8H2,1-3H3,(H,26,27)(H,28,29)(H3,24,25,31)/t17-/m1/s1. The highest BCUT2D eigenvalue weighted by molar-refractivity contribution is 5.96. The van der Waals surface area contributed by atoms with Crippen LogP contribution in [0.5, 0.6) is 0 Å². The van der Waals surface area contributed by atoms with E-state index in [4.69, 9.17) is 14.6 Å². The molecule has 0 bridgehead atoms. The van der Waals surface area contributed by atoms with Crippen LogP contribution in [0.3, 0.4) is 0 Å². The van der Waals surface area contributed by atoms with Gasteiger partial charge in [0.1, 0.15) is 23.0 Å². The normalized spacial score (nSPS) is 12.1. The van der Waals surface area contributed by atoms with Crippen molar-refractivity contribution >= 4 is 39.8 Å². The number of aliphatic carboxylic acids is 1. The number of carbonyl (C=O) groups excluding carboxylic acids is 2. The first kappa shape index (κ1) is 23.8. The number of fused-ring (bicyclic) bond motifs is 2. The van der Waals surface area contributed by atoms with Crippen molar-refractivity contribution in [3.8, 4) is 0 Å². The molecular weight excluding hydrogens is 430 g/mol. The Morgan fingerprint density at radius 1 is 1.06 bits per heavy atom. The molecule has 10 heteroatoms. The zero-order valence-electron chi connectivity index (χ0n) is 18.7. The first-order valence-electron chi connectivity index (χ1n) is 10.6. The van der Waals surface area contributed by atoms with Crippen LogP contribution in [0, 0.1) is 20.8 Å². The van der Waals surface area contributed by atoms with Gasteiger partial charge in [-0.25, -0.2) is 14.4 Å². The molecule has 0 spiro atoms. The molecule has 0 fully saturated rings. The topological polar surface area (TPSA) is 165 Å². The fourth-order valence-electron chi connectivity index (χ4n) is 3.79. The quantitative estimate of drug-likeness (QED) is 0.283. The second kappa shape index (κ2) is 9.76. The summed E-state index contributed by atoms with van der Waals surface area (Å²) in [4.78, 5) is 47.0. The molecule has 0 aliphatic heterocycles. The number of carbonyl (C=O) groups is 3. The maximum absolute atomic E-state index is 12.6. The number of amides is 3. The second-order valence-corrected chi connectivity index (χ2v) is 8.01. The van der Waals surface area contributed by atoms with Crippen molar-refractivity contribution in [3.63, 3.8) is 0 Å². The fraction of sp³-hybridized carbons (Fsp3) is 0.391. The molecule has 3 aromatic rings. The lowest BCUT2D eigenvalue weighted by Gasteiger charge is -2.15. The van der Waals surface area contributed by atoms with E-state index in [9.17, 15) is 24.3 Å². The molecule has 3 rings (SSSR count). The van der Waals surface area contributed by atoms with Crippen LogP contribution in [-0.4, -0.2) is 35.6 Å². The van der Waals surface area contributed by atoms with Crippen molar-refractivity contribution in [2.45, 2.75) is 52.5 Å². The van der Waals surface area contributed by atoms with E-state index in [1.807, 2.05) is 19.9 Å². The van der Waals surface area contributed by atoms with Gasteiger partial charge < -0.3 is 30.3 Å². The van der Waals surface area contributed by atoms with Crippen LogP contribution in [0.1, 0.15) is 41.7 Å². The number of hydrogen-bond donors (Lipinski definition) is 4. The summed E-state index contributed by atoms with van der Waals surface area (Å²) in [7, 11) is 0. The smallest absolute Gasteiger partial charge is 0.339 e. The Morgan fingerprint density at radius 2 is 1.73 bits per heavy atom. The van der Waals surface area contributed by atoms with E-state index in [1.165, 1.54) is 0 Å². The van der Waals surface area contributed by atoms with Crippen molar-refractivity contribution in [3.05, 3.63) is 45.0 Å². The minimum atomic E-state index is -1.18. The first-order chi connectivity index (χ1) is 15.6. The third-order valence-corrected chi connectivity index (χ3v) is 5.79. The van der Waals surface area contributed by atoms with E-state index in [0.29, 0.717) is 28.7 Å². The number of carboxylic acid groups (broad SMARTS) is 1. The molecule has 0 radical (unpaired) electrons. The van der Waals surface area contributed by atoms with E-state index in [-0.39, 0.29) is 25.8 Å². The molecule has 176 valence electrons. The SMILES string of the molecule is Cc1oc2cc3oc(=O)c(CCC(=O)N[C@H](CCCNC(N)=O)C(=O)O)c(C)c3cc2c1C. The number of rotatable bonds is 9. The van der Waals surface area contributed by atoms with Gasteiger partial charge in [-0.05, 0) is 57.2 Å². The maximum Gasteiger partial charge on any atom is 0.339 e. The minimum Gasteiger partial charge on any atom is -0.480 e. The second-order valence-electron chi connectivity index (χ2n) is 8.01. The van der Waals surface area contributed by atoms with Crippen molar-refractivity contribution in [1.29, 1.82) is 0 Å². The molecule has 3 amide bonds. The third-order valence-electron chi connectivity index (χ3n) is 5.79. The molecule has 0 unspecified atom stereocenters. The van der Waals surface area contributed by atoms with Crippen molar-refractivity contribution in [1.82, 2.24) is 10.6 Å². The molecule has 10 nitrogen and oxygen atoms in total. The fourth-order valence-corrected chi connectivity index (χ4v) is 3.79. The summed E-state index contributed by atoms with van der Waals surface area (Å²) in [6, 6.07) is 1.80. The van der Waals surface area contributed by atoms with E-state index in [1.54, 1.807) is 13.0 Å². The van der Waals surface area contributed by atoms with Gasteiger partial charge in [-0.1, -0.05) is 0 Å². The predicted octanol–water partition coefficient (Wildman–Crippen LogP) is 2.41. The van der Waals surface area contributed by atoms with Gasteiger partial charge in [0, 0.05) is 35.4 Å². The molecule has 1 aromatic carbocycles. The Bertz CT molecular complexity index is 1290. The van der Waals surface area contributed by atoms with Gasteiger partial charge in [-0.2, -0.15) is 0 Å². The third kappa shape index (κ3) is 5.33. The number of benzene rings is 1. The van der Waals surface area contributed by atoms with Crippen LogP contribution in [0.4, 0.5) is 4.79 Å². The van der Waals surface area contributed by atoms with Gasteiger partial charge in [-0.3, -0.25) is 4.79 Å². The number of primary amides is 1. The van der Waals surface area contributed by atoms with Crippen LogP contribution in [0.15, 0.2) is 25.8 Å². The molecule has 0 saturated carbocycles. The highest BCUT2D eigenvalue weighted by atomic mass is 16.4. The lowest BCUT2D eigenvalue weighted by Crippen LogP contribution is -2.41. The molecule has 33 heavy (non-hydrogen) atoms. The molecule has 0 saturated heterocycles. The van der Waals surface area contributed by atoms with Gasteiger partial charge >= 0.3 is 17.6 Å². The lowest BCUT2D eigenvalue weighted by atomic mass is 10.00. The van der Waals surface area contributed by atoms with Crippen molar-refractivity contribution < 1.29 is 28.3 Å². The number of nitrogens with two attached hydrogens (primary N) is 1. The zero-order chi connectivity index (χ0) is 24.3. The molecular formula is C23H27N3O7. The van der Waals surface area contributed by atoms with Gasteiger partial charge in [-0.15, -0.1) is 0 Å². The zero-order valence-corrected chi connectivity index (χ0v) is 18.7. The van der Waals surface area contributed by atoms with Crippen LogP contribution < -0.4 is 22.0 Å². The average Bonchev–Trinajstić information content (AvgIpc) is 3.01. The summed E-state index contributed by atoms with van der Waals surface area (Å²) in [6.07, 6.45) is 0.479. The number of hydrogen-bond acceptors (Lipinski definition) is 6. The number of furan rings is 1. The lowest BCUT2D eigenvalue weighted by molar-refractivity contribution is -0.142. The van der Waals surface area contributed by atoms with Gasteiger partial charge in [0.25, 0.3) is 0 Å². The maximum atomic E-state index is 12.6. The Kier molecular flexibility index (Phi) is 7.05. The highest BCUT2D eigenvalue weighted by Crippen LogP contribution is 2.31. The number of nitrogens with one attached hydrogen (secondary N) is 2. The van der Waals surface area contributed by atoms with Crippen molar-refractivity contribution in [2.75, 3.05) is 6.54 Å². The number of aryl methyl sites for hydroxylation is 3. The van der Waals surface area contributed by atoms with Crippen LogP contribution in [0.25, 0.3) is 21.9 Å². The molecule has 2 aromatic heterocycles. The summed E-state index contributed by atoms with van der Waals surface area (Å²) < 4.78 is 11.2. The number of urea groups is 1. The van der Waals surface area contributed by atoms with Gasteiger partial charge in [0.2, 0.25) is 5.91 Å². The Morgan fingerprint density at radius 3 is 2.39 bits per heavy atom. The molecule has 5 N–H and O–H groups in total. The summed E-state index contributed by atoms with van der Waals surface area (Å²) >= 11 is 0. The Balaban J connectivity index is 1.73. The molecule has 1 atom stereocenters. The van der Waals surface area contributed by atoms with Crippen LogP contribution in [0.2, 0.25) is 0 Å². The highest BCUT2D eigenvalue weighted by Gasteiger charge is 2.21. The summed E-state index contributed by atoms with van der Waals surface area (Å²) in [5, 5.41) is 15.8. The summed E-state index contributed by atoms with van der Waals surface area (Å²) in [5.74, 6) is -0.893. The Hall–Kier alpha value is -3.82. The average molecular weight is 457 g/mol. The van der Waals surface area contributed by atoms with Crippen molar-refractivity contribution in [2.24, 2.45) is 5.73 Å². The van der Waals surface area contributed by atoms with Gasteiger partial charge in [0.15, 0.2) is 0 Å². The summed E-state index contributed by atoms with van der Waals surface area (Å²) in [6.45, 7) is 5.82. The largest absolute Gasteiger partial charge is 0.480 e. The molecule has 2 heterocycles. The minimum absolute atomic E-state index is 0.0769. The van der Waals surface area contributed by atoms with E-state index < -0.39 is 29.6 Å².